The van der Waals surface area contributed by atoms with E-state index in [1.807, 2.05) is 0 Å². The topological polar surface area (TPSA) is 122 Å². The van der Waals surface area contributed by atoms with Gasteiger partial charge in [-0.15, -0.1) is 0 Å². The number of anilines is 1. The highest BCUT2D eigenvalue weighted by atomic mass is 16.5. The van der Waals surface area contributed by atoms with Gasteiger partial charge in [0, 0.05) is 18.4 Å². The maximum atomic E-state index is 12.4. The average Bonchev–Trinajstić information content (AvgIpc) is 3.31. The third-order valence-corrected chi connectivity index (χ3v) is 4.65. The molecule has 0 saturated heterocycles. The quantitative estimate of drug-likeness (QED) is 0.458. The summed E-state index contributed by atoms with van der Waals surface area (Å²) in [6.45, 7) is 1.96. The normalized spacial score (nSPS) is 10.4. The van der Waals surface area contributed by atoms with E-state index >= 15 is 0 Å². The Morgan fingerprint density at radius 2 is 1.73 bits per heavy atom. The Morgan fingerprint density at radius 3 is 2.36 bits per heavy atom. The number of hydrogen-bond donors (Lipinski definition) is 1. The zero-order valence-corrected chi connectivity index (χ0v) is 18.8. The molecule has 1 aromatic heterocycles. The lowest BCUT2D eigenvalue weighted by Gasteiger charge is -2.12. The first-order chi connectivity index (χ1) is 16.0. The van der Waals surface area contributed by atoms with Crippen molar-refractivity contribution < 1.29 is 33.1 Å². The number of hydrogen-bond acceptors (Lipinski definition) is 9. The summed E-state index contributed by atoms with van der Waals surface area (Å²) in [5, 5.41) is 6.71. The molecule has 10 heteroatoms. The van der Waals surface area contributed by atoms with Crippen LogP contribution in [-0.2, 0) is 16.0 Å². The highest BCUT2D eigenvalue weighted by molar-refractivity contribution is 6.01. The average molecular weight is 455 g/mol. The first-order valence-corrected chi connectivity index (χ1v) is 10.2. The molecule has 0 aliphatic heterocycles. The minimum absolute atomic E-state index is 0.0774. The standard InChI is InChI=1S/C23H25N3O7/c1-5-32-23(28)15-8-6-7-9-16(15)24-19(27)10-11-20-25-22(26-33-20)14-12-17(29-2)21(31-4)18(13-14)30-3/h6-9,12-13H,5,10-11H2,1-4H3,(H,24,27). The Balaban J connectivity index is 1.68. The van der Waals surface area contributed by atoms with Gasteiger partial charge in [-0.05, 0) is 31.2 Å². The molecule has 0 atom stereocenters. The molecular weight excluding hydrogens is 430 g/mol. The number of para-hydroxylation sites is 1. The number of esters is 1. The lowest BCUT2D eigenvalue weighted by atomic mass is 10.1. The molecule has 174 valence electrons. The number of carbonyl (C=O) groups is 2. The molecule has 0 saturated carbocycles. The van der Waals surface area contributed by atoms with E-state index in [4.69, 9.17) is 23.5 Å². The van der Waals surface area contributed by atoms with E-state index in [1.54, 1.807) is 43.3 Å². The Bertz CT molecular complexity index is 1100. The Hall–Kier alpha value is -4.08. The van der Waals surface area contributed by atoms with E-state index < -0.39 is 5.97 Å². The van der Waals surface area contributed by atoms with Crippen LogP contribution in [0.2, 0.25) is 0 Å². The second kappa shape index (κ2) is 11.0. The fourth-order valence-electron chi connectivity index (χ4n) is 3.10. The molecule has 1 heterocycles. The Kier molecular flexibility index (Phi) is 7.85. The summed E-state index contributed by atoms with van der Waals surface area (Å²) in [6, 6.07) is 10.1. The number of methoxy groups -OCH3 is 3. The van der Waals surface area contributed by atoms with Crippen molar-refractivity contribution in [2.75, 3.05) is 33.3 Å². The second-order valence-corrected chi connectivity index (χ2v) is 6.74. The molecule has 0 bridgehead atoms. The molecule has 1 amide bonds. The second-order valence-electron chi connectivity index (χ2n) is 6.74. The molecule has 0 fully saturated rings. The first-order valence-electron chi connectivity index (χ1n) is 10.2. The predicted octanol–water partition coefficient (Wildman–Crippen LogP) is 3.51. The van der Waals surface area contributed by atoms with Crippen LogP contribution in [0, 0.1) is 0 Å². The lowest BCUT2D eigenvalue weighted by molar-refractivity contribution is -0.116. The number of ether oxygens (including phenoxy) is 4. The van der Waals surface area contributed by atoms with Gasteiger partial charge < -0.3 is 28.8 Å². The number of amides is 1. The van der Waals surface area contributed by atoms with E-state index in [2.05, 4.69) is 15.5 Å². The van der Waals surface area contributed by atoms with E-state index in [1.165, 1.54) is 21.3 Å². The number of nitrogens with one attached hydrogen (secondary N) is 1. The van der Waals surface area contributed by atoms with Gasteiger partial charge in [0.05, 0.1) is 39.2 Å². The summed E-state index contributed by atoms with van der Waals surface area (Å²) < 4.78 is 26.3. The van der Waals surface area contributed by atoms with Crippen LogP contribution in [0.4, 0.5) is 5.69 Å². The van der Waals surface area contributed by atoms with Gasteiger partial charge in [-0.3, -0.25) is 4.79 Å². The molecule has 10 nitrogen and oxygen atoms in total. The van der Waals surface area contributed by atoms with Crippen molar-refractivity contribution in [3.05, 3.63) is 47.9 Å². The summed E-state index contributed by atoms with van der Waals surface area (Å²) in [5.41, 5.74) is 1.27. The van der Waals surface area contributed by atoms with Crippen LogP contribution in [0.25, 0.3) is 11.4 Å². The van der Waals surface area contributed by atoms with E-state index in [9.17, 15) is 9.59 Å². The molecule has 0 aliphatic rings. The number of nitrogens with zero attached hydrogens (tertiary/aromatic N) is 2. The van der Waals surface area contributed by atoms with Crippen molar-refractivity contribution in [3.8, 4) is 28.6 Å². The highest BCUT2D eigenvalue weighted by Crippen LogP contribution is 2.40. The van der Waals surface area contributed by atoms with Gasteiger partial charge in [-0.25, -0.2) is 4.79 Å². The Labute approximate surface area is 190 Å². The predicted molar refractivity (Wildman–Crippen MR) is 119 cm³/mol. The molecule has 3 aromatic rings. The van der Waals surface area contributed by atoms with Crippen molar-refractivity contribution in [2.24, 2.45) is 0 Å². The van der Waals surface area contributed by atoms with Crippen LogP contribution >= 0.6 is 0 Å². The van der Waals surface area contributed by atoms with Crippen LogP contribution in [0.1, 0.15) is 29.6 Å². The third-order valence-electron chi connectivity index (χ3n) is 4.65. The van der Waals surface area contributed by atoms with Gasteiger partial charge >= 0.3 is 5.97 Å². The fourth-order valence-corrected chi connectivity index (χ4v) is 3.10. The Morgan fingerprint density at radius 1 is 1.03 bits per heavy atom. The highest BCUT2D eigenvalue weighted by Gasteiger charge is 2.18. The fraction of sp³-hybridized carbons (Fsp3) is 0.304. The summed E-state index contributed by atoms with van der Waals surface area (Å²) in [7, 11) is 4.55. The van der Waals surface area contributed by atoms with Gasteiger partial charge in [-0.1, -0.05) is 17.3 Å². The van der Waals surface area contributed by atoms with Gasteiger partial charge in [0.25, 0.3) is 0 Å². The van der Waals surface area contributed by atoms with Crippen LogP contribution in [0.3, 0.4) is 0 Å². The van der Waals surface area contributed by atoms with Gasteiger partial charge in [0.1, 0.15) is 0 Å². The number of aromatic nitrogens is 2. The minimum Gasteiger partial charge on any atom is -0.493 e. The molecule has 0 unspecified atom stereocenters. The summed E-state index contributed by atoms with van der Waals surface area (Å²) in [4.78, 5) is 28.8. The molecule has 2 aromatic carbocycles. The largest absolute Gasteiger partial charge is 0.493 e. The molecule has 3 rings (SSSR count). The van der Waals surface area contributed by atoms with E-state index in [-0.39, 0.29) is 36.8 Å². The van der Waals surface area contributed by atoms with Crippen molar-refractivity contribution in [3.63, 3.8) is 0 Å². The monoisotopic (exact) mass is 455 g/mol. The van der Waals surface area contributed by atoms with Crippen LogP contribution in [0.15, 0.2) is 40.9 Å². The molecule has 0 spiro atoms. The lowest BCUT2D eigenvalue weighted by Crippen LogP contribution is -2.16. The number of aryl methyl sites for hydroxylation is 1. The van der Waals surface area contributed by atoms with Crippen molar-refractivity contribution in [2.45, 2.75) is 19.8 Å². The molecule has 1 N–H and O–H groups in total. The van der Waals surface area contributed by atoms with E-state index in [0.717, 1.165) is 0 Å². The first kappa shape index (κ1) is 23.6. The molecular formula is C23H25N3O7. The van der Waals surface area contributed by atoms with Crippen LogP contribution in [-0.4, -0.2) is 50.0 Å². The summed E-state index contributed by atoms with van der Waals surface area (Å²) >= 11 is 0. The summed E-state index contributed by atoms with van der Waals surface area (Å²) in [6.07, 6.45) is 0.291. The van der Waals surface area contributed by atoms with Gasteiger partial charge in [0.15, 0.2) is 11.5 Å². The molecule has 0 radical (unpaired) electrons. The maximum Gasteiger partial charge on any atom is 0.340 e. The van der Waals surface area contributed by atoms with Crippen molar-refractivity contribution in [1.29, 1.82) is 0 Å². The van der Waals surface area contributed by atoms with Gasteiger partial charge in [0.2, 0.25) is 23.4 Å². The smallest absolute Gasteiger partial charge is 0.340 e. The van der Waals surface area contributed by atoms with Crippen LogP contribution < -0.4 is 19.5 Å². The number of rotatable bonds is 10. The third kappa shape index (κ3) is 5.59. The minimum atomic E-state index is -0.500. The SMILES string of the molecule is CCOC(=O)c1ccccc1NC(=O)CCc1nc(-c2cc(OC)c(OC)c(OC)c2)no1. The zero-order valence-electron chi connectivity index (χ0n) is 18.8. The maximum absolute atomic E-state index is 12.4. The number of benzene rings is 2. The van der Waals surface area contributed by atoms with Crippen LogP contribution in [0.5, 0.6) is 17.2 Å². The molecule has 0 aliphatic carbocycles. The van der Waals surface area contributed by atoms with Gasteiger partial charge in [-0.2, -0.15) is 4.98 Å². The zero-order chi connectivity index (χ0) is 23.8. The molecule has 33 heavy (non-hydrogen) atoms. The van der Waals surface area contributed by atoms with Crippen molar-refractivity contribution in [1.82, 2.24) is 10.1 Å². The summed E-state index contributed by atoms with van der Waals surface area (Å²) in [5.74, 6) is 1.16. The van der Waals surface area contributed by atoms with Crippen molar-refractivity contribution >= 4 is 17.6 Å². The number of carbonyl (C=O) groups excluding carboxylic acids is 2. The van der Waals surface area contributed by atoms with E-state index in [0.29, 0.717) is 34.3 Å².